The van der Waals surface area contributed by atoms with Crippen molar-refractivity contribution in [1.29, 1.82) is 5.26 Å². The van der Waals surface area contributed by atoms with Gasteiger partial charge in [0.25, 0.3) is 0 Å². The minimum Gasteiger partial charge on any atom is -0.508 e. The molecule has 0 heterocycles. The van der Waals surface area contributed by atoms with Gasteiger partial charge in [0.2, 0.25) is 0 Å². The largest absolute Gasteiger partial charge is 0.508 e. The molecule has 0 bridgehead atoms. The third-order valence-electron chi connectivity index (χ3n) is 2.03. The van der Waals surface area contributed by atoms with Gasteiger partial charge >= 0.3 is 0 Å². The van der Waals surface area contributed by atoms with E-state index in [0.29, 0.717) is 0 Å². The molecule has 1 aromatic rings. The number of rotatable bonds is 3. The highest BCUT2D eigenvalue weighted by Crippen LogP contribution is 2.27. The zero-order valence-electron chi connectivity index (χ0n) is 7.83. The smallest absolute Gasteiger partial charge is 0.121 e. The standard InChI is InChI=1S/C10H11NO4/c11-4-6-1-2-8(13)7(3-6)10(15)9(14)5-12/h1-3,9-10,12-15H,5H2. The molecule has 5 nitrogen and oxygen atoms in total. The van der Waals surface area contributed by atoms with Gasteiger partial charge in [0.05, 0.1) is 18.2 Å². The van der Waals surface area contributed by atoms with Crippen molar-refractivity contribution < 1.29 is 20.4 Å². The van der Waals surface area contributed by atoms with Crippen molar-refractivity contribution >= 4 is 0 Å². The van der Waals surface area contributed by atoms with Crippen LogP contribution in [0.4, 0.5) is 0 Å². The summed E-state index contributed by atoms with van der Waals surface area (Å²) in [5, 5.41) is 45.3. The Balaban J connectivity index is 3.07. The molecule has 0 aliphatic heterocycles. The van der Waals surface area contributed by atoms with Crippen LogP contribution < -0.4 is 0 Å². The monoisotopic (exact) mass is 209 g/mol. The summed E-state index contributed by atoms with van der Waals surface area (Å²) in [5.41, 5.74) is 0.280. The predicted octanol–water partition coefficient (Wildman–Crippen LogP) is -0.350. The molecule has 0 radical (unpaired) electrons. The van der Waals surface area contributed by atoms with Crippen LogP contribution in [0.25, 0.3) is 0 Å². The Hall–Kier alpha value is -1.61. The van der Waals surface area contributed by atoms with Crippen LogP contribution in [0.1, 0.15) is 17.2 Å². The van der Waals surface area contributed by atoms with Crippen LogP contribution in [-0.4, -0.2) is 33.1 Å². The van der Waals surface area contributed by atoms with Crippen LogP contribution in [0, 0.1) is 11.3 Å². The van der Waals surface area contributed by atoms with Crippen molar-refractivity contribution in [2.75, 3.05) is 6.61 Å². The first kappa shape index (κ1) is 11.5. The number of nitriles is 1. The lowest BCUT2D eigenvalue weighted by Crippen LogP contribution is -2.22. The average molecular weight is 209 g/mol. The Morgan fingerprint density at radius 1 is 1.33 bits per heavy atom. The summed E-state index contributed by atoms with van der Waals surface area (Å²) < 4.78 is 0. The summed E-state index contributed by atoms with van der Waals surface area (Å²) in [6, 6.07) is 5.74. The first-order chi connectivity index (χ1) is 7.10. The summed E-state index contributed by atoms with van der Waals surface area (Å²) in [6.07, 6.45) is -2.80. The van der Waals surface area contributed by atoms with Gasteiger partial charge in [0.15, 0.2) is 0 Å². The highest BCUT2D eigenvalue weighted by Gasteiger charge is 2.20. The fraction of sp³-hybridized carbons (Fsp3) is 0.300. The van der Waals surface area contributed by atoms with Crippen molar-refractivity contribution in [2.24, 2.45) is 0 Å². The fourth-order valence-electron chi connectivity index (χ4n) is 1.17. The summed E-state index contributed by atoms with van der Waals surface area (Å²) in [6.45, 7) is -0.628. The molecule has 2 atom stereocenters. The van der Waals surface area contributed by atoms with Crippen LogP contribution in [0.15, 0.2) is 18.2 Å². The number of aliphatic hydroxyl groups excluding tert-OH is 3. The van der Waals surface area contributed by atoms with Crippen LogP contribution in [0.3, 0.4) is 0 Å². The van der Waals surface area contributed by atoms with Crippen molar-refractivity contribution in [3.05, 3.63) is 29.3 Å². The van der Waals surface area contributed by atoms with Gasteiger partial charge in [0, 0.05) is 5.56 Å². The zero-order valence-corrected chi connectivity index (χ0v) is 7.83. The highest BCUT2D eigenvalue weighted by molar-refractivity contribution is 5.42. The van der Waals surface area contributed by atoms with Gasteiger partial charge in [-0.2, -0.15) is 5.26 Å². The summed E-state index contributed by atoms with van der Waals surface area (Å²) in [4.78, 5) is 0. The van der Waals surface area contributed by atoms with E-state index >= 15 is 0 Å². The molecule has 0 spiro atoms. The highest BCUT2D eigenvalue weighted by atomic mass is 16.4. The van der Waals surface area contributed by atoms with Crippen LogP contribution in [-0.2, 0) is 0 Å². The first-order valence-electron chi connectivity index (χ1n) is 4.30. The zero-order chi connectivity index (χ0) is 11.4. The molecule has 80 valence electrons. The van der Waals surface area contributed by atoms with E-state index in [9.17, 15) is 15.3 Å². The van der Waals surface area contributed by atoms with E-state index in [0.717, 1.165) is 0 Å². The van der Waals surface area contributed by atoms with E-state index in [1.165, 1.54) is 18.2 Å². The second-order valence-corrected chi connectivity index (χ2v) is 3.08. The maximum atomic E-state index is 9.51. The second-order valence-electron chi connectivity index (χ2n) is 3.08. The molecule has 4 N–H and O–H groups in total. The molecule has 0 aliphatic rings. The second kappa shape index (κ2) is 4.75. The van der Waals surface area contributed by atoms with Crippen molar-refractivity contribution in [2.45, 2.75) is 12.2 Å². The minimum atomic E-state index is -1.41. The number of hydrogen-bond donors (Lipinski definition) is 4. The lowest BCUT2D eigenvalue weighted by atomic mass is 10.0. The number of phenolic OH excluding ortho intramolecular Hbond substituents is 1. The van der Waals surface area contributed by atoms with Gasteiger partial charge in [-0.3, -0.25) is 0 Å². The molecule has 0 amide bonds. The average Bonchev–Trinajstić information content (AvgIpc) is 2.27. The Labute approximate surface area is 86.5 Å². The number of phenols is 1. The molecule has 0 aliphatic carbocycles. The fourth-order valence-corrected chi connectivity index (χ4v) is 1.17. The molecule has 1 rings (SSSR count). The molecule has 2 unspecified atom stereocenters. The quantitative estimate of drug-likeness (QED) is 0.544. The molecular formula is C10H11NO4. The summed E-state index contributed by atoms with van der Waals surface area (Å²) >= 11 is 0. The normalized spacial score (nSPS) is 14.3. The molecule has 0 aromatic heterocycles. The van der Waals surface area contributed by atoms with E-state index in [2.05, 4.69) is 0 Å². The number of benzene rings is 1. The maximum absolute atomic E-state index is 9.51. The minimum absolute atomic E-state index is 0.0237. The van der Waals surface area contributed by atoms with Gasteiger partial charge in [-0.15, -0.1) is 0 Å². The molecule has 0 fully saturated rings. The topological polar surface area (TPSA) is 105 Å². The van der Waals surface area contributed by atoms with Crippen LogP contribution in [0.5, 0.6) is 5.75 Å². The number of nitrogens with zero attached hydrogens (tertiary/aromatic N) is 1. The summed E-state index contributed by atoms with van der Waals surface area (Å²) in [5.74, 6) is -0.228. The maximum Gasteiger partial charge on any atom is 0.121 e. The van der Waals surface area contributed by atoms with Gasteiger partial charge in [0.1, 0.15) is 18.0 Å². The Kier molecular flexibility index (Phi) is 3.63. The van der Waals surface area contributed by atoms with Crippen LogP contribution >= 0.6 is 0 Å². The molecule has 0 saturated carbocycles. The third-order valence-corrected chi connectivity index (χ3v) is 2.03. The first-order valence-corrected chi connectivity index (χ1v) is 4.30. The van der Waals surface area contributed by atoms with Gasteiger partial charge in [-0.1, -0.05) is 0 Å². The van der Waals surface area contributed by atoms with E-state index in [-0.39, 0.29) is 16.9 Å². The van der Waals surface area contributed by atoms with Crippen molar-refractivity contribution in [1.82, 2.24) is 0 Å². The van der Waals surface area contributed by atoms with E-state index in [1.807, 2.05) is 6.07 Å². The van der Waals surface area contributed by atoms with E-state index < -0.39 is 18.8 Å². The predicted molar refractivity (Wildman–Crippen MR) is 50.9 cm³/mol. The molecule has 0 saturated heterocycles. The molecule has 1 aromatic carbocycles. The van der Waals surface area contributed by atoms with E-state index in [4.69, 9.17) is 10.4 Å². The molecule has 15 heavy (non-hydrogen) atoms. The third kappa shape index (κ3) is 2.44. The Bertz CT molecular complexity index is 385. The van der Waals surface area contributed by atoms with Gasteiger partial charge < -0.3 is 20.4 Å². The Morgan fingerprint density at radius 2 is 2.00 bits per heavy atom. The van der Waals surface area contributed by atoms with E-state index in [1.54, 1.807) is 0 Å². The number of aromatic hydroxyl groups is 1. The van der Waals surface area contributed by atoms with Crippen LogP contribution in [0.2, 0.25) is 0 Å². The SMILES string of the molecule is N#Cc1ccc(O)c(C(O)C(O)CO)c1. The Morgan fingerprint density at radius 3 is 2.53 bits per heavy atom. The van der Waals surface area contributed by atoms with Crippen molar-refractivity contribution in [3.63, 3.8) is 0 Å². The summed E-state index contributed by atoms with van der Waals surface area (Å²) in [7, 11) is 0. The van der Waals surface area contributed by atoms with Crippen molar-refractivity contribution in [3.8, 4) is 11.8 Å². The number of aliphatic hydroxyl groups is 3. The molecular weight excluding hydrogens is 198 g/mol. The number of hydrogen-bond acceptors (Lipinski definition) is 5. The lowest BCUT2D eigenvalue weighted by Gasteiger charge is -2.16. The lowest BCUT2D eigenvalue weighted by molar-refractivity contribution is -0.0162. The van der Waals surface area contributed by atoms with Gasteiger partial charge in [-0.25, -0.2) is 0 Å². The molecule has 5 heteroatoms. The van der Waals surface area contributed by atoms with Gasteiger partial charge in [-0.05, 0) is 18.2 Å².